The van der Waals surface area contributed by atoms with E-state index in [1.54, 1.807) is 0 Å². The molecule has 0 aromatic carbocycles. The number of aliphatic imine (C=N–C) groups is 1. The molecular weight excluding hydrogens is 455 g/mol. The summed E-state index contributed by atoms with van der Waals surface area (Å²) in [7, 11) is 1.81. The van der Waals surface area contributed by atoms with Crippen LogP contribution in [-0.2, 0) is 9.53 Å². The SMILES string of the molecule is CCOC1CC(NC(=NC)NCCCNC(=O)C2CCC2)C1(CC)CC.I. The molecule has 0 saturated heterocycles. The first-order valence-electron chi connectivity index (χ1n) is 10.5. The topological polar surface area (TPSA) is 74.8 Å². The number of ether oxygens (including phenoxy) is 1. The van der Waals surface area contributed by atoms with Crippen molar-refractivity contribution in [3.05, 3.63) is 0 Å². The van der Waals surface area contributed by atoms with Crippen LogP contribution in [0.3, 0.4) is 0 Å². The molecule has 0 aliphatic heterocycles. The molecule has 0 heterocycles. The normalized spacial score (nSPS) is 24.2. The Balaban J connectivity index is 0.00000364. The molecule has 0 spiro atoms. The largest absolute Gasteiger partial charge is 0.378 e. The van der Waals surface area contributed by atoms with E-state index in [4.69, 9.17) is 4.74 Å². The zero-order chi connectivity index (χ0) is 19.0. The molecule has 6 nitrogen and oxygen atoms in total. The molecule has 2 fully saturated rings. The maximum atomic E-state index is 11.8. The van der Waals surface area contributed by atoms with E-state index >= 15 is 0 Å². The summed E-state index contributed by atoms with van der Waals surface area (Å²) in [5.41, 5.74) is 0.199. The van der Waals surface area contributed by atoms with Crippen LogP contribution in [0.5, 0.6) is 0 Å². The van der Waals surface area contributed by atoms with Crippen molar-refractivity contribution in [1.29, 1.82) is 0 Å². The van der Waals surface area contributed by atoms with Gasteiger partial charge in [-0.2, -0.15) is 0 Å². The lowest BCUT2D eigenvalue weighted by atomic mass is 9.58. The van der Waals surface area contributed by atoms with E-state index in [1.807, 2.05) is 7.05 Å². The molecule has 7 heteroatoms. The summed E-state index contributed by atoms with van der Waals surface area (Å²) >= 11 is 0. The standard InChI is InChI=1S/C20H38N4O2.HI/c1-5-20(6-2)16(14-17(20)26-7-3)24-19(21-4)23-13-9-12-22-18(25)15-10-8-11-15;/h15-17H,5-14H2,1-4H3,(H,22,25)(H2,21,23,24);1H. The Bertz CT molecular complexity index is 479. The third-order valence-electron chi connectivity index (χ3n) is 6.43. The van der Waals surface area contributed by atoms with Gasteiger partial charge >= 0.3 is 0 Å². The molecule has 0 radical (unpaired) electrons. The molecule has 2 atom stereocenters. The van der Waals surface area contributed by atoms with Gasteiger partial charge in [0.25, 0.3) is 0 Å². The first kappa shape index (κ1) is 24.5. The third-order valence-corrected chi connectivity index (χ3v) is 6.43. The second-order valence-electron chi connectivity index (χ2n) is 7.59. The number of halogens is 1. The Labute approximate surface area is 182 Å². The van der Waals surface area contributed by atoms with Crippen LogP contribution >= 0.6 is 24.0 Å². The molecule has 2 saturated carbocycles. The molecule has 0 aromatic heterocycles. The van der Waals surface area contributed by atoms with Crippen molar-refractivity contribution in [2.75, 3.05) is 26.7 Å². The lowest BCUT2D eigenvalue weighted by Gasteiger charge is -2.55. The van der Waals surface area contributed by atoms with Crippen LogP contribution in [0.4, 0.5) is 0 Å². The molecule has 1 amide bonds. The Kier molecular flexibility index (Phi) is 11.0. The summed E-state index contributed by atoms with van der Waals surface area (Å²) in [5.74, 6) is 1.35. The molecule has 2 unspecified atom stereocenters. The molecule has 3 N–H and O–H groups in total. The average Bonchev–Trinajstić information content (AvgIpc) is 2.58. The quantitative estimate of drug-likeness (QED) is 0.189. The van der Waals surface area contributed by atoms with Crippen molar-refractivity contribution >= 4 is 35.8 Å². The number of rotatable bonds is 10. The summed E-state index contributed by atoms with van der Waals surface area (Å²) in [6, 6.07) is 0.401. The highest BCUT2D eigenvalue weighted by Crippen LogP contribution is 2.48. The lowest BCUT2D eigenvalue weighted by molar-refractivity contribution is -0.133. The number of hydrogen-bond acceptors (Lipinski definition) is 3. The molecule has 2 rings (SSSR count). The van der Waals surface area contributed by atoms with Crippen molar-refractivity contribution in [3.63, 3.8) is 0 Å². The van der Waals surface area contributed by atoms with Crippen LogP contribution in [0.1, 0.15) is 65.7 Å². The summed E-state index contributed by atoms with van der Waals surface area (Å²) in [6.45, 7) is 8.88. The predicted molar refractivity (Wildman–Crippen MR) is 122 cm³/mol. The minimum absolute atomic E-state index is 0. The number of carbonyl (C=O) groups excluding carboxylic acids is 1. The zero-order valence-electron chi connectivity index (χ0n) is 17.5. The highest BCUT2D eigenvalue weighted by molar-refractivity contribution is 14.0. The Hall–Kier alpha value is -0.570. The number of hydrogen-bond donors (Lipinski definition) is 3. The van der Waals surface area contributed by atoms with Gasteiger partial charge < -0.3 is 20.7 Å². The van der Waals surface area contributed by atoms with Crippen molar-refractivity contribution in [1.82, 2.24) is 16.0 Å². The Morgan fingerprint density at radius 1 is 1.15 bits per heavy atom. The molecular formula is C20H39IN4O2. The minimum Gasteiger partial charge on any atom is -0.378 e. The number of carbonyl (C=O) groups is 1. The number of guanidine groups is 1. The van der Waals surface area contributed by atoms with E-state index in [-0.39, 0.29) is 41.2 Å². The van der Waals surface area contributed by atoms with Gasteiger partial charge in [0.2, 0.25) is 5.91 Å². The van der Waals surface area contributed by atoms with Crippen LogP contribution in [0.25, 0.3) is 0 Å². The first-order valence-corrected chi connectivity index (χ1v) is 10.5. The molecule has 27 heavy (non-hydrogen) atoms. The fourth-order valence-electron chi connectivity index (χ4n) is 4.26. The number of nitrogens with zero attached hydrogens (tertiary/aromatic N) is 1. The Morgan fingerprint density at radius 2 is 1.81 bits per heavy atom. The summed E-state index contributed by atoms with van der Waals surface area (Å²) in [4.78, 5) is 16.2. The summed E-state index contributed by atoms with van der Waals surface area (Å²) in [5, 5.41) is 10.0. The zero-order valence-corrected chi connectivity index (χ0v) is 19.8. The second kappa shape index (κ2) is 12.1. The van der Waals surface area contributed by atoms with Crippen LogP contribution in [-0.4, -0.2) is 50.8 Å². The van der Waals surface area contributed by atoms with Gasteiger partial charge in [0.1, 0.15) is 0 Å². The smallest absolute Gasteiger partial charge is 0.223 e. The number of nitrogens with one attached hydrogen (secondary N) is 3. The van der Waals surface area contributed by atoms with Gasteiger partial charge in [-0.15, -0.1) is 24.0 Å². The fraction of sp³-hybridized carbons (Fsp3) is 0.900. The van der Waals surface area contributed by atoms with Gasteiger partial charge in [-0.1, -0.05) is 20.3 Å². The maximum absolute atomic E-state index is 11.8. The molecule has 0 aromatic rings. The lowest BCUT2D eigenvalue weighted by Crippen LogP contribution is -2.65. The second-order valence-corrected chi connectivity index (χ2v) is 7.59. The van der Waals surface area contributed by atoms with Gasteiger partial charge in [0.15, 0.2) is 5.96 Å². The summed E-state index contributed by atoms with van der Waals surface area (Å²) < 4.78 is 5.95. The predicted octanol–water partition coefficient (Wildman–Crippen LogP) is 3.06. The van der Waals surface area contributed by atoms with E-state index in [2.05, 4.69) is 41.7 Å². The van der Waals surface area contributed by atoms with E-state index in [9.17, 15) is 4.79 Å². The van der Waals surface area contributed by atoms with Crippen molar-refractivity contribution in [2.24, 2.45) is 16.3 Å². The van der Waals surface area contributed by atoms with Crippen molar-refractivity contribution in [2.45, 2.75) is 77.9 Å². The molecule has 2 aliphatic rings. The monoisotopic (exact) mass is 494 g/mol. The Morgan fingerprint density at radius 3 is 2.33 bits per heavy atom. The summed E-state index contributed by atoms with van der Waals surface area (Å²) in [6.07, 6.45) is 7.81. The van der Waals surface area contributed by atoms with Crippen LogP contribution in [0, 0.1) is 11.3 Å². The van der Waals surface area contributed by atoms with E-state index < -0.39 is 0 Å². The van der Waals surface area contributed by atoms with Gasteiger partial charge in [0, 0.05) is 44.1 Å². The van der Waals surface area contributed by atoms with Crippen molar-refractivity contribution < 1.29 is 9.53 Å². The van der Waals surface area contributed by atoms with Crippen molar-refractivity contribution in [3.8, 4) is 0 Å². The molecule has 0 bridgehead atoms. The van der Waals surface area contributed by atoms with Gasteiger partial charge in [-0.25, -0.2) is 0 Å². The highest BCUT2D eigenvalue weighted by Gasteiger charge is 2.53. The van der Waals surface area contributed by atoms with Gasteiger partial charge in [0.05, 0.1) is 6.10 Å². The van der Waals surface area contributed by atoms with Gasteiger partial charge in [-0.05, 0) is 45.4 Å². The molecule has 158 valence electrons. The third kappa shape index (κ3) is 5.95. The van der Waals surface area contributed by atoms with E-state index in [1.165, 1.54) is 6.42 Å². The van der Waals surface area contributed by atoms with Crippen LogP contribution in [0.2, 0.25) is 0 Å². The first-order chi connectivity index (χ1) is 12.6. The van der Waals surface area contributed by atoms with Crippen LogP contribution in [0.15, 0.2) is 4.99 Å². The maximum Gasteiger partial charge on any atom is 0.223 e. The molecule has 2 aliphatic carbocycles. The number of amides is 1. The highest BCUT2D eigenvalue weighted by atomic mass is 127. The van der Waals surface area contributed by atoms with Gasteiger partial charge in [-0.3, -0.25) is 9.79 Å². The van der Waals surface area contributed by atoms with E-state index in [0.29, 0.717) is 12.1 Å². The average molecular weight is 494 g/mol. The fourth-order valence-corrected chi connectivity index (χ4v) is 4.26. The minimum atomic E-state index is 0. The van der Waals surface area contributed by atoms with Crippen LogP contribution < -0.4 is 16.0 Å². The van der Waals surface area contributed by atoms with E-state index in [0.717, 1.165) is 64.2 Å².